The van der Waals surface area contributed by atoms with Gasteiger partial charge in [0.05, 0.1) is 15.6 Å². The maximum absolute atomic E-state index is 5.30. The average Bonchev–Trinajstić information content (AvgIpc) is 2.75. The molecule has 0 aliphatic carbocycles. The van der Waals surface area contributed by atoms with E-state index in [9.17, 15) is 0 Å². The molecule has 0 bridgehead atoms. The van der Waals surface area contributed by atoms with Crippen molar-refractivity contribution in [2.24, 2.45) is 0 Å². The molecule has 0 N–H and O–H groups in total. The first-order chi connectivity index (χ1) is 7.86. The van der Waals surface area contributed by atoms with E-state index in [4.69, 9.17) is 4.52 Å². The Bertz CT molecular complexity index is 634. The maximum Gasteiger partial charge on any atom is 0.181 e. The molecule has 2 heterocycles. The fraction of sp³-hybridized carbons (Fsp3) is 0. The van der Waals surface area contributed by atoms with Gasteiger partial charge in [-0.05, 0) is 40.2 Å². The first kappa shape index (κ1) is 9.54. The van der Waals surface area contributed by atoms with Gasteiger partial charge in [0.25, 0.3) is 0 Å². The standard InChI is InChI=1S/C12H7BrN2O/c13-9-5-3-4-8-11(15-16-12(8)9)10-6-1-2-7-14-10/h1-7H. The first-order valence-corrected chi connectivity index (χ1v) is 5.61. The van der Waals surface area contributed by atoms with Crippen LogP contribution in [0.1, 0.15) is 0 Å². The summed E-state index contributed by atoms with van der Waals surface area (Å²) < 4.78 is 6.20. The minimum atomic E-state index is 0.753. The Morgan fingerprint density at radius 2 is 2.00 bits per heavy atom. The second-order valence-electron chi connectivity index (χ2n) is 3.36. The summed E-state index contributed by atoms with van der Waals surface area (Å²) in [6, 6.07) is 11.6. The third-order valence-electron chi connectivity index (χ3n) is 2.36. The van der Waals surface area contributed by atoms with Crippen molar-refractivity contribution in [2.45, 2.75) is 0 Å². The first-order valence-electron chi connectivity index (χ1n) is 4.81. The lowest BCUT2D eigenvalue weighted by Gasteiger charge is -1.94. The minimum Gasteiger partial charge on any atom is -0.354 e. The second-order valence-corrected chi connectivity index (χ2v) is 4.22. The van der Waals surface area contributed by atoms with E-state index in [0.29, 0.717) is 0 Å². The van der Waals surface area contributed by atoms with Crippen LogP contribution in [0.5, 0.6) is 0 Å². The number of benzene rings is 1. The van der Waals surface area contributed by atoms with E-state index >= 15 is 0 Å². The summed E-state index contributed by atoms with van der Waals surface area (Å²) in [7, 11) is 0. The number of nitrogens with zero attached hydrogens (tertiary/aromatic N) is 2. The van der Waals surface area contributed by atoms with Crippen LogP contribution in [-0.2, 0) is 0 Å². The lowest BCUT2D eigenvalue weighted by Crippen LogP contribution is -1.81. The molecule has 0 amide bonds. The molecule has 0 aliphatic rings. The van der Waals surface area contributed by atoms with Crippen LogP contribution in [-0.4, -0.2) is 10.1 Å². The predicted molar refractivity (Wildman–Crippen MR) is 64.9 cm³/mol. The SMILES string of the molecule is Brc1cccc2c(-c3ccccn3)noc12. The minimum absolute atomic E-state index is 0.753. The molecule has 0 saturated heterocycles. The van der Waals surface area contributed by atoms with Crippen LogP contribution in [0.25, 0.3) is 22.4 Å². The number of rotatable bonds is 1. The van der Waals surface area contributed by atoms with Gasteiger partial charge in [0.1, 0.15) is 5.69 Å². The van der Waals surface area contributed by atoms with Crippen LogP contribution in [0.3, 0.4) is 0 Å². The third-order valence-corrected chi connectivity index (χ3v) is 2.98. The molecule has 0 fully saturated rings. The van der Waals surface area contributed by atoms with Crippen molar-refractivity contribution in [1.82, 2.24) is 10.1 Å². The van der Waals surface area contributed by atoms with Crippen LogP contribution in [0.2, 0.25) is 0 Å². The summed E-state index contributed by atoms with van der Waals surface area (Å²) in [6.07, 6.45) is 1.74. The molecule has 0 aliphatic heterocycles. The van der Waals surface area contributed by atoms with E-state index in [0.717, 1.165) is 26.8 Å². The Morgan fingerprint density at radius 3 is 2.81 bits per heavy atom. The number of pyridine rings is 1. The van der Waals surface area contributed by atoms with Crippen LogP contribution < -0.4 is 0 Å². The van der Waals surface area contributed by atoms with Gasteiger partial charge in [-0.1, -0.05) is 17.3 Å². The van der Waals surface area contributed by atoms with Gasteiger partial charge < -0.3 is 4.52 Å². The number of para-hydroxylation sites is 1. The third kappa shape index (κ3) is 1.42. The monoisotopic (exact) mass is 274 g/mol. The highest BCUT2D eigenvalue weighted by molar-refractivity contribution is 9.10. The van der Waals surface area contributed by atoms with Crippen molar-refractivity contribution in [3.8, 4) is 11.4 Å². The van der Waals surface area contributed by atoms with E-state index < -0.39 is 0 Å². The summed E-state index contributed by atoms with van der Waals surface area (Å²) in [5.74, 6) is 0. The molecule has 3 rings (SSSR count). The van der Waals surface area contributed by atoms with Crippen LogP contribution in [0, 0.1) is 0 Å². The number of fused-ring (bicyclic) bond motifs is 1. The molecule has 0 spiro atoms. The predicted octanol–water partition coefficient (Wildman–Crippen LogP) is 3.65. The second kappa shape index (κ2) is 3.72. The highest BCUT2D eigenvalue weighted by Gasteiger charge is 2.12. The smallest absolute Gasteiger partial charge is 0.181 e. The van der Waals surface area contributed by atoms with Crippen molar-refractivity contribution >= 4 is 26.9 Å². The van der Waals surface area contributed by atoms with E-state index in [2.05, 4.69) is 26.1 Å². The van der Waals surface area contributed by atoms with Gasteiger partial charge in [0, 0.05) is 6.20 Å². The Hall–Kier alpha value is -1.68. The molecule has 0 unspecified atom stereocenters. The zero-order valence-corrected chi connectivity index (χ0v) is 9.81. The lowest BCUT2D eigenvalue weighted by molar-refractivity contribution is 0.458. The summed E-state index contributed by atoms with van der Waals surface area (Å²) in [4.78, 5) is 4.26. The van der Waals surface area contributed by atoms with E-state index in [1.165, 1.54) is 0 Å². The summed E-state index contributed by atoms with van der Waals surface area (Å²) in [5.41, 5.74) is 2.35. The zero-order valence-electron chi connectivity index (χ0n) is 8.22. The maximum atomic E-state index is 5.30. The van der Waals surface area contributed by atoms with Gasteiger partial charge in [-0.15, -0.1) is 0 Å². The number of aromatic nitrogens is 2. The molecule has 3 nitrogen and oxygen atoms in total. The molecule has 2 aromatic heterocycles. The van der Waals surface area contributed by atoms with Crippen LogP contribution in [0.15, 0.2) is 51.6 Å². The highest BCUT2D eigenvalue weighted by Crippen LogP contribution is 2.30. The van der Waals surface area contributed by atoms with Crippen LogP contribution in [0.4, 0.5) is 0 Å². The molecule has 0 radical (unpaired) electrons. The van der Waals surface area contributed by atoms with E-state index in [-0.39, 0.29) is 0 Å². The molecule has 4 heteroatoms. The summed E-state index contributed by atoms with van der Waals surface area (Å²) in [6.45, 7) is 0. The summed E-state index contributed by atoms with van der Waals surface area (Å²) >= 11 is 3.43. The fourth-order valence-electron chi connectivity index (χ4n) is 1.62. The molecule has 3 aromatic rings. The van der Waals surface area contributed by atoms with Gasteiger partial charge in [-0.3, -0.25) is 4.98 Å². The molecule has 1 aromatic carbocycles. The Kier molecular flexibility index (Phi) is 2.22. The molecule has 0 atom stereocenters. The van der Waals surface area contributed by atoms with Gasteiger partial charge in [0.2, 0.25) is 0 Å². The molecule has 0 saturated carbocycles. The van der Waals surface area contributed by atoms with Crippen LogP contribution >= 0.6 is 15.9 Å². The van der Waals surface area contributed by atoms with Gasteiger partial charge in [0.15, 0.2) is 5.58 Å². The quantitative estimate of drug-likeness (QED) is 0.680. The van der Waals surface area contributed by atoms with Crippen molar-refractivity contribution in [3.05, 3.63) is 47.1 Å². The van der Waals surface area contributed by atoms with Crippen molar-refractivity contribution in [2.75, 3.05) is 0 Å². The number of hydrogen-bond donors (Lipinski definition) is 0. The molecular formula is C12H7BrN2O. The molecule has 16 heavy (non-hydrogen) atoms. The fourth-order valence-corrected chi connectivity index (χ4v) is 2.05. The zero-order chi connectivity index (χ0) is 11.0. The number of hydrogen-bond acceptors (Lipinski definition) is 3. The van der Waals surface area contributed by atoms with E-state index in [1.807, 2.05) is 36.4 Å². The molecule has 78 valence electrons. The van der Waals surface area contributed by atoms with Crippen molar-refractivity contribution in [1.29, 1.82) is 0 Å². The van der Waals surface area contributed by atoms with Crippen molar-refractivity contribution in [3.63, 3.8) is 0 Å². The van der Waals surface area contributed by atoms with Gasteiger partial charge in [-0.2, -0.15) is 0 Å². The van der Waals surface area contributed by atoms with Crippen molar-refractivity contribution < 1.29 is 4.52 Å². The van der Waals surface area contributed by atoms with Gasteiger partial charge in [-0.25, -0.2) is 0 Å². The Morgan fingerprint density at radius 1 is 1.06 bits per heavy atom. The summed E-state index contributed by atoms with van der Waals surface area (Å²) in [5, 5.41) is 5.02. The lowest BCUT2D eigenvalue weighted by atomic mass is 10.1. The average molecular weight is 275 g/mol. The normalized spacial score (nSPS) is 10.8. The topological polar surface area (TPSA) is 38.9 Å². The molecular weight excluding hydrogens is 268 g/mol. The largest absolute Gasteiger partial charge is 0.354 e. The highest BCUT2D eigenvalue weighted by atomic mass is 79.9. The van der Waals surface area contributed by atoms with Gasteiger partial charge >= 0.3 is 0 Å². The van der Waals surface area contributed by atoms with E-state index in [1.54, 1.807) is 6.20 Å². The Labute approximate surface area is 100 Å². The number of halogens is 1. The Balaban J connectivity index is 2.30.